The molecule has 0 unspecified atom stereocenters. The van der Waals surface area contributed by atoms with Gasteiger partial charge in [0.2, 0.25) is 0 Å². The van der Waals surface area contributed by atoms with Gasteiger partial charge in [0.05, 0.1) is 17.0 Å². The summed E-state index contributed by atoms with van der Waals surface area (Å²) in [5, 5.41) is 24.3. The predicted molar refractivity (Wildman–Crippen MR) is 94.5 cm³/mol. The lowest BCUT2D eigenvalue weighted by Gasteiger charge is -2.23. The van der Waals surface area contributed by atoms with E-state index in [0.717, 1.165) is 15.6 Å². The van der Waals surface area contributed by atoms with Crippen molar-refractivity contribution in [3.63, 3.8) is 0 Å². The summed E-state index contributed by atoms with van der Waals surface area (Å²) in [4.78, 5) is 21.2. The summed E-state index contributed by atoms with van der Waals surface area (Å²) in [5.41, 5.74) is 0.791. The molecule has 0 radical (unpaired) electrons. The van der Waals surface area contributed by atoms with Crippen LogP contribution in [0.25, 0.3) is 10.1 Å². The van der Waals surface area contributed by atoms with Crippen molar-refractivity contribution < 1.29 is 15.0 Å². The summed E-state index contributed by atoms with van der Waals surface area (Å²) in [5.74, 6) is -0.481. The minimum Gasteiger partial charge on any atom is -0.390 e. The Morgan fingerprint density at radius 1 is 1.20 bits per heavy atom. The first kappa shape index (κ1) is 16.1. The van der Waals surface area contributed by atoms with Crippen LogP contribution in [0.5, 0.6) is 0 Å². The van der Waals surface area contributed by atoms with Crippen LogP contribution >= 0.6 is 11.3 Å². The number of hydrogen-bond donors (Lipinski definition) is 3. The van der Waals surface area contributed by atoms with Gasteiger partial charge in [0.15, 0.2) is 0 Å². The van der Waals surface area contributed by atoms with E-state index < -0.39 is 18.2 Å². The van der Waals surface area contributed by atoms with Crippen molar-refractivity contribution >= 4 is 27.3 Å². The standard InChI is InChI=1S/C18H17N3O3S/c22-13-6-12(11-7-19-9-20-8-11)16(17(13)23)21-18(24)15-5-10-3-1-2-4-14(10)25-15/h1-5,7-9,12-13,16-17,22-23H,6H2,(H,21,24)/t12-,13-,16-,17-/m1/s1. The maximum Gasteiger partial charge on any atom is 0.261 e. The summed E-state index contributed by atoms with van der Waals surface area (Å²) in [6.07, 6.45) is 3.17. The molecule has 1 amide bonds. The number of thiophene rings is 1. The van der Waals surface area contributed by atoms with E-state index in [2.05, 4.69) is 15.3 Å². The second-order valence-electron chi connectivity index (χ2n) is 6.22. The molecular formula is C18H17N3O3S. The number of carbonyl (C=O) groups is 1. The molecule has 1 aliphatic carbocycles. The second kappa shape index (κ2) is 6.51. The zero-order valence-corrected chi connectivity index (χ0v) is 14.1. The van der Waals surface area contributed by atoms with Crippen molar-refractivity contribution in [2.75, 3.05) is 0 Å². The number of aliphatic hydroxyl groups excluding tert-OH is 2. The Labute approximate surface area is 148 Å². The van der Waals surface area contributed by atoms with Crippen LogP contribution in [0.15, 0.2) is 49.1 Å². The Morgan fingerprint density at radius 2 is 1.96 bits per heavy atom. The second-order valence-corrected chi connectivity index (χ2v) is 7.30. The van der Waals surface area contributed by atoms with E-state index in [1.165, 1.54) is 17.7 Å². The van der Waals surface area contributed by atoms with Gasteiger partial charge in [0, 0.05) is 23.0 Å². The van der Waals surface area contributed by atoms with Crippen molar-refractivity contribution in [3.05, 3.63) is 59.5 Å². The van der Waals surface area contributed by atoms with Crippen molar-refractivity contribution in [1.82, 2.24) is 15.3 Å². The number of nitrogens with one attached hydrogen (secondary N) is 1. The highest BCUT2D eigenvalue weighted by molar-refractivity contribution is 7.20. The Balaban J connectivity index is 1.59. The first-order valence-corrected chi connectivity index (χ1v) is 8.85. The van der Waals surface area contributed by atoms with E-state index in [1.54, 1.807) is 12.4 Å². The van der Waals surface area contributed by atoms with Crippen molar-refractivity contribution in [2.45, 2.75) is 30.6 Å². The molecule has 25 heavy (non-hydrogen) atoms. The molecule has 128 valence electrons. The third-order valence-corrected chi connectivity index (χ3v) is 5.76. The van der Waals surface area contributed by atoms with Gasteiger partial charge in [-0.15, -0.1) is 11.3 Å². The average molecular weight is 355 g/mol. The number of benzene rings is 1. The van der Waals surface area contributed by atoms with Gasteiger partial charge in [-0.1, -0.05) is 18.2 Å². The number of nitrogens with zero attached hydrogens (tertiary/aromatic N) is 2. The van der Waals surface area contributed by atoms with E-state index in [1.807, 2.05) is 30.3 Å². The van der Waals surface area contributed by atoms with E-state index in [4.69, 9.17) is 0 Å². The molecule has 0 spiro atoms. The van der Waals surface area contributed by atoms with Gasteiger partial charge in [-0.05, 0) is 29.5 Å². The minimum absolute atomic E-state index is 0.232. The molecule has 1 saturated carbocycles. The van der Waals surface area contributed by atoms with E-state index in [9.17, 15) is 15.0 Å². The number of aromatic nitrogens is 2. The summed E-state index contributed by atoms with van der Waals surface area (Å²) < 4.78 is 1.03. The summed E-state index contributed by atoms with van der Waals surface area (Å²) in [6.45, 7) is 0. The molecule has 2 aromatic heterocycles. The highest BCUT2D eigenvalue weighted by atomic mass is 32.1. The van der Waals surface area contributed by atoms with Crippen LogP contribution in [0, 0.1) is 0 Å². The molecule has 3 N–H and O–H groups in total. The lowest BCUT2D eigenvalue weighted by Crippen LogP contribution is -2.45. The average Bonchev–Trinajstić information content (AvgIpc) is 3.19. The van der Waals surface area contributed by atoms with Crippen LogP contribution in [-0.2, 0) is 0 Å². The van der Waals surface area contributed by atoms with Crippen LogP contribution in [0.2, 0.25) is 0 Å². The smallest absolute Gasteiger partial charge is 0.261 e. The molecule has 3 aromatic rings. The normalized spacial score (nSPS) is 26.0. The van der Waals surface area contributed by atoms with Gasteiger partial charge in [-0.3, -0.25) is 4.79 Å². The number of amides is 1. The van der Waals surface area contributed by atoms with Gasteiger partial charge < -0.3 is 15.5 Å². The Morgan fingerprint density at radius 3 is 2.72 bits per heavy atom. The molecule has 1 fully saturated rings. The van der Waals surface area contributed by atoms with E-state index in [-0.39, 0.29) is 11.8 Å². The van der Waals surface area contributed by atoms with Crippen LogP contribution in [-0.4, -0.2) is 44.3 Å². The first-order chi connectivity index (χ1) is 12.1. The molecule has 0 aliphatic heterocycles. The number of carbonyl (C=O) groups excluding carboxylic acids is 1. The number of aliphatic hydroxyl groups is 2. The highest BCUT2D eigenvalue weighted by Gasteiger charge is 2.43. The molecule has 0 saturated heterocycles. The van der Waals surface area contributed by atoms with Crippen molar-refractivity contribution in [2.24, 2.45) is 0 Å². The Kier molecular flexibility index (Phi) is 4.20. The Bertz CT molecular complexity index is 866. The molecule has 7 heteroatoms. The van der Waals surface area contributed by atoms with E-state index >= 15 is 0 Å². The molecule has 6 nitrogen and oxygen atoms in total. The summed E-state index contributed by atoms with van der Waals surface area (Å²) >= 11 is 1.41. The van der Waals surface area contributed by atoms with Gasteiger partial charge >= 0.3 is 0 Å². The monoisotopic (exact) mass is 355 g/mol. The zero-order chi connectivity index (χ0) is 17.4. The molecule has 0 bridgehead atoms. The fourth-order valence-corrected chi connectivity index (χ4v) is 4.34. The third-order valence-electron chi connectivity index (χ3n) is 4.65. The number of fused-ring (bicyclic) bond motifs is 1. The Hall–Kier alpha value is -2.35. The van der Waals surface area contributed by atoms with Gasteiger partial charge in [-0.2, -0.15) is 0 Å². The van der Waals surface area contributed by atoms with E-state index in [0.29, 0.717) is 11.3 Å². The minimum atomic E-state index is -1.02. The highest BCUT2D eigenvalue weighted by Crippen LogP contribution is 2.35. The first-order valence-electron chi connectivity index (χ1n) is 8.04. The zero-order valence-electron chi connectivity index (χ0n) is 13.2. The fraction of sp³-hybridized carbons (Fsp3) is 0.278. The van der Waals surface area contributed by atoms with Crippen LogP contribution in [0.1, 0.15) is 27.6 Å². The van der Waals surface area contributed by atoms with Gasteiger partial charge in [-0.25, -0.2) is 9.97 Å². The van der Waals surface area contributed by atoms with Crippen LogP contribution in [0.4, 0.5) is 0 Å². The van der Waals surface area contributed by atoms with Gasteiger partial charge in [0.1, 0.15) is 12.4 Å². The maximum absolute atomic E-state index is 12.7. The fourth-order valence-electron chi connectivity index (χ4n) is 3.37. The molecule has 2 heterocycles. The summed E-state index contributed by atoms with van der Waals surface area (Å²) in [6, 6.07) is 9.05. The number of hydrogen-bond acceptors (Lipinski definition) is 6. The van der Waals surface area contributed by atoms with Crippen molar-refractivity contribution in [3.8, 4) is 0 Å². The lowest BCUT2D eigenvalue weighted by atomic mass is 9.96. The van der Waals surface area contributed by atoms with Crippen LogP contribution in [0.3, 0.4) is 0 Å². The molecule has 4 rings (SSSR count). The largest absolute Gasteiger partial charge is 0.390 e. The van der Waals surface area contributed by atoms with Gasteiger partial charge in [0.25, 0.3) is 5.91 Å². The lowest BCUT2D eigenvalue weighted by molar-refractivity contribution is 0.0295. The molecular weight excluding hydrogens is 338 g/mol. The molecule has 4 atom stereocenters. The molecule has 1 aromatic carbocycles. The molecule has 1 aliphatic rings. The number of rotatable bonds is 3. The maximum atomic E-state index is 12.7. The summed E-state index contributed by atoms with van der Waals surface area (Å²) in [7, 11) is 0. The van der Waals surface area contributed by atoms with Crippen LogP contribution < -0.4 is 5.32 Å². The SMILES string of the molecule is O=C(N[C@H]1[C@H](O)[C@H](O)C[C@@H]1c1cncnc1)c1cc2ccccc2s1. The van der Waals surface area contributed by atoms with Crippen molar-refractivity contribution in [1.29, 1.82) is 0 Å². The third kappa shape index (κ3) is 3.02. The predicted octanol–water partition coefficient (Wildman–Crippen LogP) is 1.70. The quantitative estimate of drug-likeness (QED) is 0.665. The topological polar surface area (TPSA) is 95.3 Å².